The maximum atomic E-state index is 11.4. The number of rotatable bonds is 9. The van der Waals surface area contributed by atoms with Gasteiger partial charge in [0.05, 0.1) is 25.0 Å². The van der Waals surface area contributed by atoms with Crippen LogP contribution in [0.3, 0.4) is 0 Å². The lowest BCUT2D eigenvalue weighted by atomic mass is 9.92. The molecule has 4 N–H and O–H groups in total. The van der Waals surface area contributed by atoms with Crippen LogP contribution in [-0.4, -0.2) is 83.9 Å². The first-order valence-electron chi connectivity index (χ1n) is 7.14. The fraction of sp³-hybridized carbons (Fsp3) is 0.846. The van der Waals surface area contributed by atoms with Crippen LogP contribution in [0.1, 0.15) is 6.92 Å². The number of ether oxygens (including phenoxy) is 3. The van der Waals surface area contributed by atoms with Crippen LogP contribution in [0, 0.1) is 5.92 Å². The molecule has 0 bridgehead atoms. The first-order chi connectivity index (χ1) is 11.0. The standard InChI is InChI=1S/C13H23NO8S/c1-7-12(22-10(18)5-23)11(19)9(4-17)21-13(7)20-6-14-8(2-15)3-16/h2,7-9,11-14,16-17,19,23H,3-6H2,1H3/t7?,8-,9?,11?,12?,13?/m1/s1. The van der Waals surface area contributed by atoms with E-state index in [-0.39, 0.29) is 19.1 Å². The second-order valence-electron chi connectivity index (χ2n) is 5.13. The van der Waals surface area contributed by atoms with E-state index in [2.05, 4.69) is 17.9 Å². The lowest BCUT2D eigenvalue weighted by Gasteiger charge is -2.42. The molecule has 0 radical (unpaired) electrons. The summed E-state index contributed by atoms with van der Waals surface area (Å²) in [7, 11) is 0. The predicted octanol–water partition coefficient (Wildman–Crippen LogP) is -2.33. The Labute approximate surface area is 139 Å². The molecule has 1 rings (SSSR count). The monoisotopic (exact) mass is 353 g/mol. The molecule has 23 heavy (non-hydrogen) atoms. The summed E-state index contributed by atoms with van der Waals surface area (Å²) in [5.41, 5.74) is 0. The van der Waals surface area contributed by atoms with Crippen molar-refractivity contribution in [3.05, 3.63) is 0 Å². The van der Waals surface area contributed by atoms with Gasteiger partial charge >= 0.3 is 5.97 Å². The molecule has 1 fully saturated rings. The molecule has 0 aromatic heterocycles. The molecule has 0 aromatic rings. The molecular weight excluding hydrogens is 330 g/mol. The summed E-state index contributed by atoms with van der Waals surface area (Å²) in [5, 5.41) is 30.9. The second kappa shape index (κ2) is 10.2. The lowest BCUT2D eigenvalue weighted by molar-refractivity contribution is -0.286. The maximum absolute atomic E-state index is 11.4. The topological polar surface area (TPSA) is 135 Å². The van der Waals surface area contributed by atoms with Crippen molar-refractivity contribution in [2.45, 2.75) is 37.6 Å². The molecule has 0 amide bonds. The Morgan fingerprint density at radius 3 is 2.70 bits per heavy atom. The highest BCUT2D eigenvalue weighted by atomic mass is 32.1. The van der Waals surface area contributed by atoms with Crippen molar-refractivity contribution < 1.29 is 39.1 Å². The molecule has 0 spiro atoms. The SMILES string of the molecule is CC1C(OCN[C@H](C=O)CO)OC(CO)C(O)C1OC(=O)CS. The zero-order chi connectivity index (χ0) is 17.4. The van der Waals surface area contributed by atoms with Gasteiger partial charge in [0, 0.05) is 5.92 Å². The summed E-state index contributed by atoms with van der Waals surface area (Å²) in [6.45, 7) is 0.680. The fourth-order valence-corrected chi connectivity index (χ4v) is 2.23. The van der Waals surface area contributed by atoms with Gasteiger partial charge in [0.2, 0.25) is 0 Å². The van der Waals surface area contributed by atoms with Gasteiger partial charge in [-0.3, -0.25) is 10.1 Å². The van der Waals surface area contributed by atoms with Crippen LogP contribution < -0.4 is 5.32 Å². The molecule has 6 atom stereocenters. The molecule has 1 aliphatic rings. The van der Waals surface area contributed by atoms with Gasteiger partial charge in [-0.1, -0.05) is 6.92 Å². The molecule has 1 aliphatic heterocycles. The van der Waals surface area contributed by atoms with Crippen LogP contribution in [-0.2, 0) is 23.8 Å². The quantitative estimate of drug-likeness (QED) is 0.134. The van der Waals surface area contributed by atoms with Crippen LogP contribution in [0.25, 0.3) is 0 Å². The maximum Gasteiger partial charge on any atom is 0.316 e. The van der Waals surface area contributed by atoms with Crippen molar-refractivity contribution in [2.24, 2.45) is 5.92 Å². The molecule has 0 aliphatic carbocycles. The fourth-order valence-electron chi connectivity index (χ4n) is 2.16. The summed E-state index contributed by atoms with van der Waals surface area (Å²) in [6, 6.07) is -0.772. The van der Waals surface area contributed by atoms with E-state index >= 15 is 0 Å². The van der Waals surface area contributed by atoms with Gasteiger partial charge in [0.1, 0.15) is 31.3 Å². The largest absolute Gasteiger partial charge is 0.458 e. The van der Waals surface area contributed by atoms with Crippen LogP contribution >= 0.6 is 12.6 Å². The third kappa shape index (κ3) is 5.68. The number of nitrogens with one attached hydrogen (secondary N) is 1. The van der Waals surface area contributed by atoms with E-state index in [0.717, 1.165) is 0 Å². The van der Waals surface area contributed by atoms with E-state index < -0.39 is 49.1 Å². The number of aliphatic hydroxyl groups excluding tert-OH is 3. The number of hydrogen-bond donors (Lipinski definition) is 5. The smallest absolute Gasteiger partial charge is 0.316 e. The molecule has 0 aromatic carbocycles. The van der Waals surface area contributed by atoms with Crippen LogP contribution in [0.15, 0.2) is 0 Å². The highest BCUT2D eigenvalue weighted by Crippen LogP contribution is 2.29. The van der Waals surface area contributed by atoms with E-state index in [4.69, 9.17) is 19.3 Å². The minimum absolute atomic E-state index is 0.111. The van der Waals surface area contributed by atoms with Crippen molar-refractivity contribution >= 4 is 24.9 Å². The third-order valence-electron chi connectivity index (χ3n) is 3.50. The van der Waals surface area contributed by atoms with Gasteiger partial charge in [-0.25, -0.2) is 0 Å². The van der Waals surface area contributed by atoms with Crippen LogP contribution in [0.4, 0.5) is 0 Å². The Balaban J connectivity index is 2.67. The number of thiol groups is 1. The summed E-state index contributed by atoms with van der Waals surface area (Å²) in [5.74, 6) is -1.28. The minimum Gasteiger partial charge on any atom is -0.458 e. The Morgan fingerprint density at radius 1 is 1.48 bits per heavy atom. The van der Waals surface area contributed by atoms with Crippen LogP contribution in [0.2, 0.25) is 0 Å². The van der Waals surface area contributed by atoms with Gasteiger partial charge in [-0.05, 0) is 0 Å². The summed E-state index contributed by atoms with van der Waals surface area (Å²) >= 11 is 3.81. The number of aliphatic hydroxyl groups is 3. The van der Waals surface area contributed by atoms with Gasteiger partial charge < -0.3 is 34.3 Å². The minimum atomic E-state index is -1.20. The van der Waals surface area contributed by atoms with Gasteiger partial charge in [-0.2, -0.15) is 12.6 Å². The zero-order valence-corrected chi connectivity index (χ0v) is 13.6. The second-order valence-corrected chi connectivity index (χ2v) is 5.44. The number of esters is 1. The average molecular weight is 353 g/mol. The third-order valence-corrected chi connectivity index (χ3v) is 3.76. The normalized spacial score (nSPS) is 32.3. The Morgan fingerprint density at radius 2 is 2.17 bits per heavy atom. The van der Waals surface area contributed by atoms with Crippen LogP contribution in [0.5, 0.6) is 0 Å². The van der Waals surface area contributed by atoms with E-state index in [9.17, 15) is 19.8 Å². The van der Waals surface area contributed by atoms with Crippen molar-refractivity contribution in [1.29, 1.82) is 0 Å². The highest BCUT2D eigenvalue weighted by Gasteiger charge is 2.45. The van der Waals surface area contributed by atoms with Gasteiger partial charge in [0.15, 0.2) is 6.29 Å². The molecule has 134 valence electrons. The Hall–Kier alpha value is -0.750. The van der Waals surface area contributed by atoms with Crippen molar-refractivity contribution in [1.82, 2.24) is 5.32 Å². The van der Waals surface area contributed by atoms with Crippen molar-refractivity contribution in [2.75, 3.05) is 25.7 Å². The number of carbonyl (C=O) groups excluding carboxylic acids is 2. The molecule has 0 saturated carbocycles. The zero-order valence-electron chi connectivity index (χ0n) is 12.7. The van der Waals surface area contributed by atoms with Gasteiger partial charge in [0.25, 0.3) is 0 Å². The summed E-state index contributed by atoms with van der Waals surface area (Å²) in [4.78, 5) is 22.0. The van der Waals surface area contributed by atoms with E-state index in [0.29, 0.717) is 6.29 Å². The van der Waals surface area contributed by atoms with Crippen molar-refractivity contribution in [3.8, 4) is 0 Å². The number of carbonyl (C=O) groups is 2. The van der Waals surface area contributed by atoms with E-state index in [1.54, 1.807) is 6.92 Å². The van der Waals surface area contributed by atoms with Crippen molar-refractivity contribution in [3.63, 3.8) is 0 Å². The first kappa shape index (κ1) is 20.3. The predicted molar refractivity (Wildman–Crippen MR) is 80.7 cm³/mol. The van der Waals surface area contributed by atoms with Gasteiger partial charge in [-0.15, -0.1) is 0 Å². The van der Waals surface area contributed by atoms with E-state index in [1.807, 2.05) is 0 Å². The molecule has 1 saturated heterocycles. The van der Waals surface area contributed by atoms with E-state index in [1.165, 1.54) is 0 Å². The molecular formula is C13H23NO8S. The number of hydrogen-bond acceptors (Lipinski definition) is 10. The molecule has 1 heterocycles. The highest BCUT2D eigenvalue weighted by molar-refractivity contribution is 7.81. The first-order valence-corrected chi connectivity index (χ1v) is 7.77. The average Bonchev–Trinajstić information content (AvgIpc) is 2.57. The Bertz CT molecular complexity index is 385. The summed E-state index contributed by atoms with van der Waals surface area (Å²) in [6.07, 6.45) is -3.45. The Kier molecular flexibility index (Phi) is 8.99. The summed E-state index contributed by atoms with van der Waals surface area (Å²) < 4.78 is 16.0. The molecule has 9 nitrogen and oxygen atoms in total. The lowest BCUT2D eigenvalue weighted by Crippen LogP contribution is -2.57. The molecule has 10 heteroatoms. The molecule has 5 unspecified atom stereocenters. The number of aldehydes is 1.